The lowest BCUT2D eigenvalue weighted by molar-refractivity contribution is 0.0986. The molecule has 0 unspecified atom stereocenters. The van der Waals surface area contributed by atoms with Crippen LogP contribution in [0.3, 0.4) is 0 Å². The van der Waals surface area contributed by atoms with E-state index in [1.54, 1.807) is 0 Å². The topological polar surface area (TPSA) is 157 Å². The van der Waals surface area contributed by atoms with Crippen molar-refractivity contribution >= 4 is 37.9 Å². The van der Waals surface area contributed by atoms with Gasteiger partial charge in [-0.3, -0.25) is 4.18 Å². The first-order chi connectivity index (χ1) is 17.9. The first kappa shape index (κ1) is 26.3. The number of hydrogen-bond donors (Lipinski definition) is 3. The van der Waals surface area contributed by atoms with Gasteiger partial charge in [-0.05, 0) is 36.8 Å². The lowest BCUT2D eigenvalue weighted by Crippen LogP contribution is -2.24. The van der Waals surface area contributed by atoms with Crippen LogP contribution >= 0.6 is 0 Å². The molecule has 3 atom stereocenters. The third-order valence-electron chi connectivity index (χ3n) is 7.20. The standard InChI is InChI=1S/C25H28N6O5S.CH4/c26-37(33,34)35-13-15-11-16(12-21(15)32)36-25-22-24(27-14-28-25)30-23(29-22)19-7-8-20(31-9-3-4-10-31)18-6-2-1-5-17(18)19;/h1-2,5-8,14-16,21,32H,3-4,9-13H2,(H2,26,33,34)(H,27,28,29,30);1H4/t15-,16+,21-;/m0./s1. The first-order valence-corrected chi connectivity index (χ1v) is 13.8. The van der Waals surface area contributed by atoms with Gasteiger partial charge in [0.2, 0.25) is 5.88 Å². The number of nitrogens with one attached hydrogen (secondary N) is 1. The number of nitrogens with zero attached hydrogens (tertiary/aromatic N) is 4. The summed E-state index contributed by atoms with van der Waals surface area (Å²) in [5.41, 5.74) is 3.22. The minimum absolute atomic E-state index is 0. The van der Waals surface area contributed by atoms with Crippen LogP contribution in [0.5, 0.6) is 5.88 Å². The maximum absolute atomic E-state index is 11.1. The molecule has 38 heavy (non-hydrogen) atoms. The second-order valence-corrected chi connectivity index (χ2v) is 10.9. The van der Waals surface area contributed by atoms with Gasteiger partial charge in [0.15, 0.2) is 5.65 Å². The second-order valence-electron chi connectivity index (χ2n) is 9.65. The summed E-state index contributed by atoms with van der Waals surface area (Å²) in [6.07, 6.45) is 3.36. The Kier molecular flexibility index (Phi) is 7.23. The van der Waals surface area contributed by atoms with E-state index in [1.165, 1.54) is 30.2 Å². The van der Waals surface area contributed by atoms with Gasteiger partial charge in [0.1, 0.15) is 23.8 Å². The van der Waals surface area contributed by atoms with Crippen molar-refractivity contribution in [1.82, 2.24) is 19.9 Å². The lowest BCUT2D eigenvalue weighted by atomic mass is 10.0. The number of H-pyrrole nitrogens is 1. The Morgan fingerprint density at radius 3 is 2.61 bits per heavy atom. The number of rotatable bonds is 7. The maximum Gasteiger partial charge on any atom is 0.333 e. The molecule has 0 spiro atoms. The molecule has 2 fully saturated rings. The molecule has 12 heteroatoms. The summed E-state index contributed by atoms with van der Waals surface area (Å²) in [5, 5.41) is 17.5. The van der Waals surface area contributed by atoms with E-state index in [2.05, 4.69) is 54.4 Å². The van der Waals surface area contributed by atoms with Crippen molar-refractivity contribution in [2.45, 2.75) is 45.3 Å². The SMILES string of the molecule is C.NS(=O)(=O)OC[C@@H]1C[C@@H](Oc2ncnc3nc(-c4ccc(N5CCCC5)c5ccccc45)[nH]c23)C[C@@H]1O. The van der Waals surface area contributed by atoms with Gasteiger partial charge in [0, 0.05) is 42.1 Å². The van der Waals surface area contributed by atoms with Gasteiger partial charge in [-0.1, -0.05) is 31.7 Å². The Morgan fingerprint density at radius 2 is 1.84 bits per heavy atom. The van der Waals surface area contributed by atoms with E-state index in [-0.39, 0.29) is 20.1 Å². The van der Waals surface area contributed by atoms with Gasteiger partial charge in [-0.15, -0.1) is 0 Å². The van der Waals surface area contributed by atoms with Gasteiger partial charge in [0.25, 0.3) is 0 Å². The lowest BCUT2D eigenvalue weighted by Gasteiger charge is -2.20. The molecule has 1 aliphatic carbocycles. The number of ether oxygens (including phenoxy) is 1. The molecule has 11 nitrogen and oxygen atoms in total. The fourth-order valence-electron chi connectivity index (χ4n) is 5.42. The quantitative estimate of drug-likeness (QED) is 0.320. The van der Waals surface area contributed by atoms with Gasteiger partial charge >= 0.3 is 10.3 Å². The zero-order chi connectivity index (χ0) is 25.6. The van der Waals surface area contributed by atoms with Crippen LogP contribution in [-0.4, -0.2) is 65.4 Å². The van der Waals surface area contributed by atoms with Crippen molar-refractivity contribution in [1.29, 1.82) is 0 Å². The molecule has 3 heterocycles. The highest BCUT2D eigenvalue weighted by Crippen LogP contribution is 2.37. The molecule has 0 bridgehead atoms. The summed E-state index contributed by atoms with van der Waals surface area (Å²) in [4.78, 5) is 19.1. The number of aromatic nitrogens is 4. The van der Waals surface area contributed by atoms with E-state index in [9.17, 15) is 13.5 Å². The Morgan fingerprint density at radius 1 is 1.08 bits per heavy atom. The summed E-state index contributed by atoms with van der Waals surface area (Å²) >= 11 is 0. The smallest absolute Gasteiger partial charge is 0.333 e. The fourth-order valence-corrected chi connectivity index (χ4v) is 5.78. The highest BCUT2D eigenvalue weighted by atomic mass is 32.2. The predicted octanol–water partition coefficient (Wildman–Crippen LogP) is 3.15. The number of aliphatic hydroxyl groups excluding tert-OH is 1. The monoisotopic (exact) mass is 540 g/mol. The van der Waals surface area contributed by atoms with Crippen LogP contribution in [0.15, 0.2) is 42.7 Å². The van der Waals surface area contributed by atoms with Crippen LogP contribution < -0.4 is 14.8 Å². The maximum atomic E-state index is 11.1. The molecule has 4 aromatic rings. The average molecular weight is 541 g/mol. The van der Waals surface area contributed by atoms with Crippen LogP contribution in [0.2, 0.25) is 0 Å². The number of aliphatic hydroxyl groups is 1. The normalized spacial score (nSPS) is 21.7. The van der Waals surface area contributed by atoms with Gasteiger partial charge in [-0.25, -0.2) is 15.1 Å². The minimum Gasteiger partial charge on any atom is -0.473 e. The molecular weight excluding hydrogens is 508 g/mol. The summed E-state index contributed by atoms with van der Waals surface area (Å²) in [7, 11) is -4.08. The van der Waals surface area contributed by atoms with E-state index in [4.69, 9.17) is 14.9 Å². The molecule has 1 saturated heterocycles. The first-order valence-electron chi connectivity index (χ1n) is 12.4. The van der Waals surface area contributed by atoms with Crippen molar-refractivity contribution in [2.24, 2.45) is 11.1 Å². The van der Waals surface area contributed by atoms with Crippen molar-refractivity contribution < 1.29 is 22.4 Å². The van der Waals surface area contributed by atoms with E-state index in [0.29, 0.717) is 35.7 Å². The van der Waals surface area contributed by atoms with Crippen LogP contribution in [0.4, 0.5) is 5.69 Å². The molecule has 4 N–H and O–H groups in total. The third-order valence-corrected chi connectivity index (χ3v) is 7.66. The van der Waals surface area contributed by atoms with Gasteiger partial charge < -0.3 is 19.7 Å². The largest absolute Gasteiger partial charge is 0.473 e. The van der Waals surface area contributed by atoms with E-state index < -0.39 is 22.3 Å². The second kappa shape index (κ2) is 10.4. The number of aromatic amines is 1. The Balaban J connectivity index is 0.00000294. The van der Waals surface area contributed by atoms with Crippen LogP contribution in [0, 0.1) is 5.92 Å². The van der Waals surface area contributed by atoms with Crippen molar-refractivity contribution in [3.05, 3.63) is 42.7 Å². The summed E-state index contributed by atoms with van der Waals surface area (Å²) in [6, 6.07) is 12.6. The molecule has 2 aliphatic rings. The Hall–Kier alpha value is -3.32. The molecule has 6 rings (SSSR count). The highest BCUT2D eigenvalue weighted by Gasteiger charge is 2.36. The van der Waals surface area contributed by atoms with Gasteiger partial charge in [-0.2, -0.15) is 13.4 Å². The molecule has 2 aromatic heterocycles. The zero-order valence-electron chi connectivity index (χ0n) is 20.1. The molecule has 0 amide bonds. The molecule has 1 saturated carbocycles. The van der Waals surface area contributed by atoms with E-state index in [1.807, 2.05) is 6.07 Å². The molecule has 202 valence electrons. The summed E-state index contributed by atoms with van der Waals surface area (Å²) < 4.78 is 33.0. The minimum atomic E-state index is -4.08. The average Bonchev–Trinajstić information content (AvgIpc) is 3.62. The number of hydrogen-bond acceptors (Lipinski definition) is 9. The number of imidazole rings is 1. The summed E-state index contributed by atoms with van der Waals surface area (Å²) in [5.74, 6) is 0.570. The fraction of sp³-hybridized carbons (Fsp3) is 0.423. The van der Waals surface area contributed by atoms with Crippen LogP contribution in [0.25, 0.3) is 33.3 Å². The molecular formula is C26H32N6O5S. The number of benzene rings is 2. The van der Waals surface area contributed by atoms with E-state index >= 15 is 0 Å². The van der Waals surface area contributed by atoms with Crippen molar-refractivity contribution in [2.75, 3.05) is 24.6 Å². The molecule has 2 aromatic carbocycles. The molecule has 1 aliphatic heterocycles. The van der Waals surface area contributed by atoms with Gasteiger partial charge in [0.05, 0.1) is 12.7 Å². The Labute approximate surface area is 221 Å². The number of anilines is 1. The van der Waals surface area contributed by atoms with Crippen molar-refractivity contribution in [3.63, 3.8) is 0 Å². The summed E-state index contributed by atoms with van der Waals surface area (Å²) in [6.45, 7) is 1.93. The Bertz CT molecular complexity index is 1550. The third kappa shape index (κ3) is 5.17. The van der Waals surface area contributed by atoms with E-state index in [0.717, 1.165) is 24.0 Å². The predicted molar refractivity (Wildman–Crippen MR) is 145 cm³/mol. The number of fused-ring (bicyclic) bond motifs is 2. The molecule has 0 radical (unpaired) electrons. The zero-order valence-corrected chi connectivity index (χ0v) is 20.9. The highest BCUT2D eigenvalue weighted by molar-refractivity contribution is 7.84. The van der Waals surface area contributed by atoms with Crippen LogP contribution in [0.1, 0.15) is 33.1 Å². The van der Waals surface area contributed by atoms with Crippen LogP contribution in [-0.2, 0) is 14.5 Å². The number of nitrogens with two attached hydrogens (primary N) is 1. The van der Waals surface area contributed by atoms with Crippen molar-refractivity contribution in [3.8, 4) is 17.3 Å².